The molecule has 0 saturated carbocycles. The molecule has 3 aromatic rings. The number of nitrogens with one attached hydrogen (secondary N) is 1. The molecule has 0 radical (unpaired) electrons. The van der Waals surface area contributed by atoms with Crippen LogP contribution in [0.3, 0.4) is 0 Å². The predicted octanol–water partition coefficient (Wildman–Crippen LogP) is 4.35. The van der Waals surface area contributed by atoms with Crippen LogP contribution in [-0.2, 0) is 0 Å². The number of fused-ring (bicyclic) bond motifs is 1. The Morgan fingerprint density at radius 2 is 2.04 bits per heavy atom. The van der Waals surface area contributed by atoms with Gasteiger partial charge in [0.1, 0.15) is 5.65 Å². The average Bonchev–Trinajstić information content (AvgIpc) is 3.22. The van der Waals surface area contributed by atoms with Gasteiger partial charge in [0, 0.05) is 42.7 Å². The molecule has 4 nitrogen and oxygen atoms in total. The summed E-state index contributed by atoms with van der Waals surface area (Å²) in [6, 6.07) is 7.84. The van der Waals surface area contributed by atoms with Gasteiger partial charge in [-0.1, -0.05) is 12.2 Å². The van der Waals surface area contributed by atoms with Crippen molar-refractivity contribution in [3.05, 3.63) is 66.8 Å². The van der Waals surface area contributed by atoms with Crippen LogP contribution in [0.2, 0.25) is 0 Å². The highest BCUT2D eigenvalue weighted by Gasteiger charge is 2.17. The molecule has 3 aromatic heterocycles. The van der Waals surface area contributed by atoms with Gasteiger partial charge in [-0.15, -0.1) is 24.5 Å². The third-order valence-electron chi connectivity index (χ3n) is 3.53. The summed E-state index contributed by atoms with van der Waals surface area (Å²) in [5, 5.41) is 1.06. The number of thiophene rings is 1. The Labute approximate surface area is 140 Å². The number of pyridine rings is 1. The van der Waals surface area contributed by atoms with Gasteiger partial charge in [-0.2, -0.15) is 0 Å². The minimum atomic E-state index is 0. The van der Waals surface area contributed by atoms with E-state index in [2.05, 4.69) is 23.1 Å². The molecule has 3 heterocycles. The first-order valence-electron chi connectivity index (χ1n) is 7.28. The zero-order valence-corrected chi connectivity index (χ0v) is 13.5. The van der Waals surface area contributed by atoms with Crippen molar-refractivity contribution >= 4 is 28.3 Å². The molecule has 3 rings (SSSR count). The molecular weight excluding hydrogens is 306 g/mol. The minimum Gasteiger partial charge on any atom is -0.346 e. The fraction of sp³-hybridized carbons (Fsp3) is 0.111. The first-order chi connectivity index (χ1) is 11.2. The fourth-order valence-electron chi connectivity index (χ4n) is 2.48. The van der Waals surface area contributed by atoms with Gasteiger partial charge >= 0.3 is 0 Å². The number of aromatic amines is 1. The maximum Gasteiger partial charge on any atom is 0.264 e. The van der Waals surface area contributed by atoms with Crippen LogP contribution >= 0.6 is 11.3 Å². The van der Waals surface area contributed by atoms with Crippen LogP contribution < -0.4 is 0 Å². The Morgan fingerprint density at radius 3 is 2.78 bits per heavy atom. The number of H-pyrrole nitrogens is 1. The summed E-state index contributed by atoms with van der Waals surface area (Å²) < 4.78 is 0. The van der Waals surface area contributed by atoms with Crippen molar-refractivity contribution in [1.29, 1.82) is 0 Å². The van der Waals surface area contributed by atoms with Crippen LogP contribution in [-0.4, -0.2) is 33.9 Å². The van der Waals surface area contributed by atoms with E-state index in [4.69, 9.17) is 0 Å². The quantitative estimate of drug-likeness (QED) is 0.685. The Kier molecular flexibility index (Phi) is 4.39. The summed E-state index contributed by atoms with van der Waals surface area (Å²) >= 11 is 1.49. The van der Waals surface area contributed by atoms with Gasteiger partial charge < -0.3 is 9.88 Å². The second-order valence-electron chi connectivity index (χ2n) is 5.05. The number of nitrogens with zero attached hydrogens (tertiary/aromatic N) is 2. The smallest absolute Gasteiger partial charge is 0.264 e. The number of amides is 1. The second kappa shape index (κ2) is 6.62. The zero-order valence-electron chi connectivity index (χ0n) is 12.7. The number of hydrogen-bond donors (Lipinski definition) is 1. The zero-order chi connectivity index (χ0) is 16.2. The first-order valence-corrected chi connectivity index (χ1v) is 8.09. The van der Waals surface area contributed by atoms with Crippen LogP contribution in [0, 0.1) is 0 Å². The number of hydrogen-bond acceptors (Lipinski definition) is 3. The molecule has 1 amide bonds. The molecule has 0 atom stereocenters. The molecular formula is C18H19N3OS. The molecule has 0 spiro atoms. The van der Waals surface area contributed by atoms with Crippen LogP contribution in [0.1, 0.15) is 11.1 Å². The summed E-state index contributed by atoms with van der Waals surface area (Å²) in [4.78, 5) is 23.5. The number of carbonyl (C=O) groups is 1. The van der Waals surface area contributed by atoms with E-state index in [9.17, 15) is 4.79 Å². The van der Waals surface area contributed by atoms with Crippen LogP contribution in [0.25, 0.3) is 21.5 Å². The highest BCUT2D eigenvalue weighted by molar-refractivity contribution is 7.17. The topological polar surface area (TPSA) is 49.0 Å². The summed E-state index contributed by atoms with van der Waals surface area (Å²) in [6.45, 7) is 8.43. The van der Waals surface area contributed by atoms with Crippen LogP contribution in [0.15, 0.2) is 62.0 Å². The van der Waals surface area contributed by atoms with Crippen molar-refractivity contribution in [3.63, 3.8) is 0 Å². The SMILES string of the molecule is C=CCN(CC=C)C(=O)c1ccc(-c2ccnc3[nH]ccc23)s1.[HH]. The molecule has 0 aliphatic heterocycles. The van der Waals surface area contributed by atoms with Gasteiger partial charge in [0.05, 0.1) is 4.88 Å². The second-order valence-corrected chi connectivity index (χ2v) is 6.13. The highest BCUT2D eigenvalue weighted by atomic mass is 32.1. The summed E-state index contributed by atoms with van der Waals surface area (Å²) in [6.07, 6.45) is 7.10. The molecule has 0 bridgehead atoms. The fourth-order valence-corrected chi connectivity index (χ4v) is 3.49. The van der Waals surface area contributed by atoms with Gasteiger partial charge in [-0.05, 0) is 24.3 Å². The normalized spacial score (nSPS) is 10.6. The van der Waals surface area contributed by atoms with E-state index in [1.54, 1.807) is 23.2 Å². The molecule has 1 N–H and O–H groups in total. The van der Waals surface area contributed by atoms with E-state index in [1.165, 1.54) is 11.3 Å². The maximum absolute atomic E-state index is 12.6. The van der Waals surface area contributed by atoms with Gasteiger partial charge in [-0.3, -0.25) is 4.79 Å². The van der Waals surface area contributed by atoms with Crippen molar-refractivity contribution in [3.8, 4) is 10.4 Å². The minimum absolute atomic E-state index is 0. The molecule has 0 saturated heterocycles. The largest absolute Gasteiger partial charge is 0.346 e. The lowest BCUT2D eigenvalue weighted by molar-refractivity contribution is 0.0795. The summed E-state index contributed by atoms with van der Waals surface area (Å²) in [7, 11) is 0. The molecule has 0 aliphatic carbocycles. The van der Waals surface area contributed by atoms with E-state index >= 15 is 0 Å². The van der Waals surface area contributed by atoms with Crippen molar-refractivity contribution in [1.82, 2.24) is 14.9 Å². The van der Waals surface area contributed by atoms with Gasteiger partial charge in [0.25, 0.3) is 5.91 Å². The molecule has 0 unspecified atom stereocenters. The maximum atomic E-state index is 12.6. The molecule has 118 valence electrons. The van der Waals surface area contributed by atoms with E-state index in [0.717, 1.165) is 21.5 Å². The van der Waals surface area contributed by atoms with Gasteiger partial charge in [0.2, 0.25) is 0 Å². The predicted molar refractivity (Wildman–Crippen MR) is 97.8 cm³/mol. The summed E-state index contributed by atoms with van der Waals surface area (Å²) in [5.74, 6) is 0.000388. The van der Waals surface area contributed by atoms with Crippen molar-refractivity contribution in [2.75, 3.05) is 13.1 Å². The van der Waals surface area contributed by atoms with E-state index in [1.807, 2.05) is 30.5 Å². The number of carbonyl (C=O) groups excluding carboxylic acids is 1. The molecule has 23 heavy (non-hydrogen) atoms. The van der Waals surface area contributed by atoms with Crippen molar-refractivity contribution in [2.24, 2.45) is 0 Å². The van der Waals surface area contributed by atoms with Crippen molar-refractivity contribution in [2.45, 2.75) is 0 Å². The Hall–Kier alpha value is -2.66. The molecule has 0 fully saturated rings. The molecule has 0 aromatic carbocycles. The van der Waals surface area contributed by atoms with E-state index < -0.39 is 0 Å². The lowest BCUT2D eigenvalue weighted by Crippen LogP contribution is -2.30. The molecule has 5 heteroatoms. The number of rotatable bonds is 6. The Bertz CT molecular complexity index is 858. The third kappa shape index (κ3) is 2.96. The van der Waals surface area contributed by atoms with Crippen LogP contribution in [0.4, 0.5) is 0 Å². The van der Waals surface area contributed by atoms with Crippen molar-refractivity contribution < 1.29 is 6.22 Å². The molecule has 0 aliphatic rings. The Morgan fingerprint density at radius 1 is 1.26 bits per heavy atom. The lowest BCUT2D eigenvalue weighted by atomic mass is 10.1. The van der Waals surface area contributed by atoms with E-state index in [0.29, 0.717) is 18.0 Å². The monoisotopic (exact) mass is 325 g/mol. The third-order valence-corrected chi connectivity index (χ3v) is 4.64. The van der Waals surface area contributed by atoms with Gasteiger partial charge in [-0.25, -0.2) is 4.98 Å². The average molecular weight is 325 g/mol. The van der Waals surface area contributed by atoms with Gasteiger partial charge in [0.15, 0.2) is 0 Å². The Balaban J connectivity index is 0.00000208. The summed E-state index contributed by atoms with van der Waals surface area (Å²) in [5.41, 5.74) is 1.93. The standard InChI is InChI=1S/C18H17N3OS.H2/c1-3-11-21(12-4-2)18(22)16-6-5-15(23-16)13-7-9-19-17-14(13)8-10-20-17;/h3-10H,1-2,11-12H2,(H,19,20);1H. The number of aromatic nitrogens is 2. The lowest BCUT2D eigenvalue weighted by Gasteiger charge is -2.18. The van der Waals surface area contributed by atoms with E-state index in [-0.39, 0.29) is 7.33 Å². The highest BCUT2D eigenvalue weighted by Crippen LogP contribution is 2.33. The first kappa shape index (κ1) is 15.2. The van der Waals surface area contributed by atoms with Crippen LogP contribution in [0.5, 0.6) is 0 Å².